The van der Waals surface area contributed by atoms with Gasteiger partial charge in [-0.15, -0.1) is 0 Å². The van der Waals surface area contributed by atoms with Crippen LogP contribution in [0.2, 0.25) is 0 Å². The fraction of sp³-hybridized carbons (Fsp3) is 0.600. The van der Waals surface area contributed by atoms with Gasteiger partial charge in [-0.05, 0) is 50.4 Å². The molecule has 0 unspecified atom stereocenters. The Morgan fingerprint density at radius 3 is 2.44 bits per heavy atom. The average molecular weight is 248 g/mol. The van der Waals surface area contributed by atoms with Gasteiger partial charge in [-0.3, -0.25) is 0 Å². The summed E-state index contributed by atoms with van der Waals surface area (Å²) < 4.78 is 5.68. The second kappa shape index (κ2) is 6.76. The van der Waals surface area contributed by atoms with Crippen molar-refractivity contribution in [2.24, 2.45) is 5.73 Å². The number of hydrogen-bond donors (Lipinski definition) is 1. The third-order valence-electron chi connectivity index (χ3n) is 3.58. The maximum atomic E-state index is 5.68. The molecule has 18 heavy (non-hydrogen) atoms. The largest absolute Gasteiger partial charge is 0.378 e. The van der Waals surface area contributed by atoms with Gasteiger partial charge in [0, 0.05) is 25.4 Å². The Kier molecular flexibility index (Phi) is 5.02. The zero-order valence-electron chi connectivity index (χ0n) is 11.3. The molecule has 0 aliphatic carbocycles. The molecule has 0 spiro atoms. The third kappa shape index (κ3) is 3.47. The molecule has 0 amide bonds. The zero-order chi connectivity index (χ0) is 12.8. The fourth-order valence-corrected chi connectivity index (χ4v) is 2.56. The van der Waals surface area contributed by atoms with Gasteiger partial charge in [0.2, 0.25) is 0 Å². The van der Waals surface area contributed by atoms with Gasteiger partial charge in [0.25, 0.3) is 0 Å². The molecule has 0 radical (unpaired) electrons. The van der Waals surface area contributed by atoms with Crippen molar-refractivity contribution in [1.29, 1.82) is 0 Å². The maximum absolute atomic E-state index is 5.68. The second-order valence-corrected chi connectivity index (χ2v) is 4.85. The van der Waals surface area contributed by atoms with E-state index in [-0.39, 0.29) is 0 Å². The van der Waals surface area contributed by atoms with Crippen molar-refractivity contribution >= 4 is 5.69 Å². The summed E-state index contributed by atoms with van der Waals surface area (Å²) in [5.74, 6) is 0. The fourth-order valence-electron chi connectivity index (χ4n) is 2.56. The molecule has 3 heteroatoms. The summed E-state index contributed by atoms with van der Waals surface area (Å²) in [5, 5.41) is 0. The van der Waals surface area contributed by atoms with Gasteiger partial charge in [-0.2, -0.15) is 0 Å². The van der Waals surface area contributed by atoms with Gasteiger partial charge in [0.15, 0.2) is 0 Å². The Morgan fingerprint density at radius 1 is 1.22 bits per heavy atom. The number of piperidine rings is 1. The molecule has 1 heterocycles. The predicted octanol–water partition coefficient (Wildman–Crippen LogP) is 2.19. The Labute approximate surface area is 110 Å². The number of rotatable bonds is 5. The van der Waals surface area contributed by atoms with Crippen LogP contribution in [-0.2, 0) is 11.2 Å². The van der Waals surface area contributed by atoms with Gasteiger partial charge in [-0.1, -0.05) is 12.1 Å². The van der Waals surface area contributed by atoms with Crippen LogP contribution >= 0.6 is 0 Å². The normalized spacial score (nSPS) is 17.1. The van der Waals surface area contributed by atoms with E-state index in [2.05, 4.69) is 36.1 Å². The molecule has 0 saturated carbocycles. The topological polar surface area (TPSA) is 38.5 Å². The van der Waals surface area contributed by atoms with Gasteiger partial charge in [0.1, 0.15) is 0 Å². The molecular formula is C15H24N2O. The first-order valence-electron chi connectivity index (χ1n) is 6.99. The molecule has 1 aliphatic heterocycles. The summed E-state index contributed by atoms with van der Waals surface area (Å²) in [4.78, 5) is 2.45. The first kappa shape index (κ1) is 13.4. The number of nitrogens with two attached hydrogens (primary N) is 1. The molecule has 1 aromatic carbocycles. The molecule has 0 aromatic heterocycles. The quantitative estimate of drug-likeness (QED) is 0.868. The number of anilines is 1. The number of nitrogens with zero attached hydrogens (tertiary/aromatic N) is 1. The Balaban J connectivity index is 1.89. The molecule has 3 nitrogen and oxygen atoms in total. The summed E-state index contributed by atoms with van der Waals surface area (Å²) in [6.07, 6.45) is 3.70. The summed E-state index contributed by atoms with van der Waals surface area (Å²) in [5.41, 5.74) is 8.21. The first-order chi connectivity index (χ1) is 8.83. The van der Waals surface area contributed by atoms with Gasteiger partial charge in [-0.25, -0.2) is 0 Å². The van der Waals surface area contributed by atoms with Crippen LogP contribution in [0.3, 0.4) is 0 Å². The Hall–Kier alpha value is -1.06. The lowest BCUT2D eigenvalue weighted by Gasteiger charge is -2.33. The predicted molar refractivity (Wildman–Crippen MR) is 76.1 cm³/mol. The van der Waals surface area contributed by atoms with Gasteiger partial charge in [0.05, 0.1) is 6.10 Å². The highest BCUT2D eigenvalue weighted by Crippen LogP contribution is 2.21. The van der Waals surface area contributed by atoms with Crippen molar-refractivity contribution in [2.45, 2.75) is 32.3 Å². The van der Waals surface area contributed by atoms with E-state index in [1.807, 2.05) is 0 Å². The van der Waals surface area contributed by atoms with Crippen molar-refractivity contribution in [2.75, 3.05) is 31.1 Å². The second-order valence-electron chi connectivity index (χ2n) is 4.85. The van der Waals surface area contributed by atoms with Gasteiger partial charge < -0.3 is 15.4 Å². The molecule has 2 rings (SSSR count). The molecule has 1 saturated heterocycles. The van der Waals surface area contributed by atoms with E-state index in [0.717, 1.165) is 45.5 Å². The summed E-state index contributed by atoms with van der Waals surface area (Å²) in [6.45, 7) is 5.82. The minimum Gasteiger partial charge on any atom is -0.378 e. The van der Waals surface area contributed by atoms with Crippen molar-refractivity contribution in [1.82, 2.24) is 0 Å². The van der Waals surface area contributed by atoms with Crippen LogP contribution in [0.4, 0.5) is 5.69 Å². The van der Waals surface area contributed by atoms with E-state index < -0.39 is 0 Å². The van der Waals surface area contributed by atoms with Crippen LogP contribution in [0.15, 0.2) is 24.3 Å². The highest BCUT2D eigenvalue weighted by Gasteiger charge is 2.19. The van der Waals surface area contributed by atoms with E-state index in [1.165, 1.54) is 11.3 Å². The minimum atomic E-state index is 0.461. The highest BCUT2D eigenvalue weighted by molar-refractivity contribution is 5.48. The van der Waals surface area contributed by atoms with Crippen LogP contribution in [-0.4, -0.2) is 32.3 Å². The maximum Gasteiger partial charge on any atom is 0.0608 e. The minimum absolute atomic E-state index is 0.461. The zero-order valence-corrected chi connectivity index (χ0v) is 11.3. The van der Waals surface area contributed by atoms with E-state index >= 15 is 0 Å². The highest BCUT2D eigenvalue weighted by atomic mass is 16.5. The summed E-state index contributed by atoms with van der Waals surface area (Å²) in [7, 11) is 0. The molecule has 0 atom stereocenters. The number of hydrogen-bond acceptors (Lipinski definition) is 3. The Bertz CT molecular complexity index is 342. The lowest BCUT2D eigenvalue weighted by molar-refractivity contribution is 0.0459. The van der Waals surface area contributed by atoms with Crippen molar-refractivity contribution in [3.8, 4) is 0 Å². The van der Waals surface area contributed by atoms with Crippen LogP contribution in [0.25, 0.3) is 0 Å². The standard InChI is InChI=1S/C15H24N2O/c1-2-18-15-8-11-17(12-9-15)14-5-3-13(4-6-14)7-10-16/h3-6,15H,2,7-12,16H2,1H3. The van der Waals surface area contributed by atoms with E-state index in [9.17, 15) is 0 Å². The molecule has 0 bridgehead atoms. The van der Waals surface area contributed by atoms with Crippen molar-refractivity contribution in [3.05, 3.63) is 29.8 Å². The first-order valence-corrected chi connectivity index (χ1v) is 6.99. The summed E-state index contributed by atoms with van der Waals surface area (Å²) in [6, 6.07) is 8.81. The molecular weight excluding hydrogens is 224 g/mol. The molecule has 2 N–H and O–H groups in total. The lowest BCUT2D eigenvalue weighted by Crippen LogP contribution is -2.37. The molecule has 100 valence electrons. The lowest BCUT2D eigenvalue weighted by atomic mass is 10.1. The van der Waals surface area contributed by atoms with Crippen molar-refractivity contribution < 1.29 is 4.74 Å². The third-order valence-corrected chi connectivity index (χ3v) is 3.58. The van der Waals surface area contributed by atoms with Crippen LogP contribution in [0.5, 0.6) is 0 Å². The van der Waals surface area contributed by atoms with Crippen LogP contribution in [0.1, 0.15) is 25.3 Å². The van der Waals surface area contributed by atoms with Crippen LogP contribution in [0, 0.1) is 0 Å². The van der Waals surface area contributed by atoms with E-state index in [4.69, 9.17) is 10.5 Å². The van der Waals surface area contributed by atoms with Crippen molar-refractivity contribution in [3.63, 3.8) is 0 Å². The smallest absolute Gasteiger partial charge is 0.0608 e. The Morgan fingerprint density at radius 2 is 1.89 bits per heavy atom. The van der Waals surface area contributed by atoms with E-state index in [1.54, 1.807) is 0 Å². The van der Waals surface area contributed by atoms with Gasteiger partial charge >= 0.3 is 0 Å². The number of ether oxygens (including phenoxy) is 1. The molecule has 1 fully saturated rings. The monoisotopic (exact) mass is 248 g/mol. The SMILES string of the molecule is CCOC1CCN(c2ccc(CCN)cc2)CC1. The number of benzene rings is 1. The summed E-state index contributed by atoms with van der Waals surface area (Å²) >= 11 is 0. The van der Waals surface area contributed by atoms with E-state index in [0.29, 0.717) is 6.10 Å². The average Bonchev–Trinajstić information content (AvgIpc) is 2.41. The molecule has 1 aliphatic rings. The molecule has 1 aromatic rings. The van der Waals surface area contributed by atoms with Crippen LogP contribution < -0.4 is 10.6 Å².